The number of alkyl halides is 3. The van der Waals surface area contributed by atoms with Crippen LogP contribution in [0.15, 0.2) is 24.3 Å². The Morgan fingerprint density at radius 1 is 1.38 bits per heavy atom. The summed E-state index contributed by atoms with van der Waals surface area (Å²) in [5, 5.41) is 9.21. The summed E-state index contributed by atoms with van der Waals surface area (Å²) in [7, 11) is 0. The number of likely N-dealkylation sites (tertiary alicyclic amines) is 1. The molecule has 0 radical (unpaired) electrons. The number of nitrogens with zero attached hydrogens (tertiary/aromatic N) is 1. The van der Waals surface area contributed by atoms with Gasteiger partial charge in [-0.05, 0) is 31.4 Å². The first-order valence-corrected chi connectivity index (χ1v) is 7.71. The molecule has 0 bridgehead atoms. The minimum absolute atomic E-state index is 0.133. The van der Waals surface area contributed by atoms with Gasteiger partial charge >= 0.3 is 12.1 Å². The van der Waals surface area contributed by atoms with Crippen molar-refractivity contribution in [1.82, 2.24) is 4.90 Å². The Hall–Kier alpha value is -2.05. The van der Waals surface area contributed by atoms with E-state index in [-0.39, 0.29) is 18.9 Å². The van der Waals surface area contributed by atoms with Gasteiger partial charge in [-0.1, -0.05) is 25.1 Å². The third-order valence-electron chi connectivity index (χ3n) is 4.52. The summed E-state index contributed by atoms with van der Waals surface area (Å²) < 4.78 is 38.2. The highest BCUT2D eigenvalue weighted by atomic mass is 19.4. The molecule has 0 aliphatic carbocycles. The number of hydrogen-bond donors (Lipinski definition) is 1. The van der Waals surface area contributed by atoms with Crippen molar-refractivity contribution < 1.29 is 27.9 Å². The summed E-state index contributed by atoms with van der Waals surface area (Å²) in [5.74, 6) is -1.68. The Balaban J connectivity index is 2.04. The Labute approximate surface area is 138 Å². The van der Waals surface area contributed by atoms with Crippen LogP contribution in [0, 0.1) is 11.3 Å². The highest BCUT2D eigenvalue weighted by Crippen LogP contribution is 2.32. The zero-order chi connectivity index (χ0) is 18.1. The molecule has 1 aliphatic heterocycles. The van der Waals surface area contributed by atoms with Crippen LogP contribution in [0.2, 0.25) is 0 Å². The van der Waals surface area contributed by atoms with Crippen molar-refractivity contribution in [3.05, 3.63) is 35.4 Å². The summed E-state index contributed by atoms with van der Waals surface area (Å²) in [4.78, 5) is 25.2. The van der Waals surface area contributed by atoms with Crippen LogP contribution in [0.1, 0.15) is 31.4 Å². The average Bonchev–Trinajstić information content (AvgIpc) is 2.90. The van der Waals surface area contributed by atoms with Gasteiger partial charge in [-0.15, -0.1) is 0 Å². The van der Waals surface area contributed by atoms with Crippen molar-refractivity contribution >= 4 is 11.9 Å². The molecule has 4 nitrogen and oxygen atoms in total. The number of halogens is 3. The standard InChI is InChI=1S/C17H20F3NO3/c1-11(8-12-4-3-5-13(9-12)17(18,19)20)14(22)21-7-6-16(2,10-21)15(23)24/h3-5,9,11H,6-8,10H2,1-2H3,(H,23,24)/t11-,16+/m0/s1. The van der Waals surface area contributed by atoms with Crippen molar-refractivity contribution in [1.29, 1.82) is 0 Å². The van der Waals surface area contributed by atoms with Gasteiger partial charge in [-0.25, -0.2) is 0 Å². The van der Waals surface area contributed by atoms with Crippen LogP contribution in [0.3, 0.4) is 0 Å². The molecule has 0 spiro atoms. The first-order chi connectivity index (χ1) is 11.0. The molecule has 1 aliphatic rings. The lowest BCUT2D eigenvalue weighted by Gasteiger charge is -2.23. The van der Waals surface area contributed by atoms with Gasteiger partial charge in [0.1, 0.15) is 0 Å². The number of hydrogen-bond acceptors (Lipinski definition) is 2. The predicted molar refractivity (Wildman–Crippen MR) is 81.3 cm³/mol. The number of rotatable bonds is 4. The van der Waals surface area contributed by atoms with Crippen LogP contribution in [0.25, 0.3) is 0 Å². The molecule has 1 aromatic carbocycles. The van der Waals surface area contributed by atoms with Gasteiger partial charge in [-0.3, -0.25) is 9.59 Å². The Morgan fingerprint density at radius 2 is 2.04 bits per heavy atom. The monoisotopic (exact) mass is 343 g/mol. The van der Waals surface area contributed by atoms with E-state index in [9.17, 15) is 27.9 Å². The number of carboxylic acid groups (broad SMARTS) is 1. The first kappa shape index (κ1) is 18.3. The first-order valence-electron chi connectivity index (χ1n) is 7.71. The molecule has 7 heteroatoms. The zero-order valence-electron chi connectivity index (χ0n) is 13.6. The lowest BCUT2D eigenvalue weighted by atomic mass is 9.90. The van der Waals surface area contributed by atoms with Gasteiger partial charge < -0.3 is 10.0 Å². The van der Waals surface area contributed by atoms with Crippen molar-refractivity contribution in [2.45, 2.75) is 32.9 Å². The minimum Gasteiger partial charge on any atom is -0.481 e. The van der Waals surface area contributed by atoms with E-state index in [2.05, 4.69) is 0 Å². The quantitative estimate of drug-likeness (QED) is 0.913. The van der Waals surface area contributed by atoms with Crippen LogP contribution in [-0.2, 0) is 22.2 Å². The summed E-state index contributed by atoms with van der Waals surface area (Å²) in [6.07, 6.45) is -3.85. The Morgan fingerprint density at radius 3 is 2.58 bits per heavy atom. The van der Waals surface area contributed by atoms with E-state index >= 15 is 0 Å². The molecule has 0 unspecified atom stereocenters. The predicted octanol–water partition coefficient (Wildman–Crippen LogP) is 3.21. The fourth-order valence-electron chi connectivity index (χ4n) is 2.95. The largest absolute Gasteiger partial charge is 0.481 e. The maximum absolute atomic E-state index is 12.7. The van der Waals surface area contributed by atoms with E-state index in [1.54, 1.807) is 19.9 Å². The van der Waals surface area contributed by atoms with Crippen molar-refractivity contribution in [2.24, 2.45) is 11.3 Å². The van der Waals surface area contributed by atoms with Crippen molar-refractivity contribution in [3.63, 3.8) is 0 Å². The van der Waals surface area contributed by atoms with E-state index < -0.39 is 29.0 Å². The summed E-state index contributed by atoms with van der Waals surface area (Å²) in [5.41, 5.74) is -1.25. The number of carbonyl (C=O) groups is 2. The number of carboxylic acids is 1. The summed E-state index contributed by atoms with van der Waals surface area (Å²) in [6, 6.07) is 4.93. The average molecular weight is 343 g/mol. The molecule has 2 atom stereocenters. The number of benzene rings is 1. The van der Waals surface area contributed by atoms with Gasteiger partial charge in [0.15, 0.2) is 0 Å². The topological polar surface area (TPSA) is 57.6 Å². The van der Waals surface area contributed by atoms with Gasteiger partial charge in [0.05, 0.1) is 11.0 Å². The van der Waals surface area contributed by atoms with Crippen LogP contribution in [-0.4, -0.2) is 35.0 Å². The SMILES string of the molecule is C[C@@H](Cc1cccc(C(F)(F)F)c1)C(=O)N1CC[C@@](C)(C(=O)O)C1. The van der Waals surface area contributed by atoms with E-state index in [1.165, 1.54) is 11.0 Å². The van der Waals surface area contributed by atoms with Gasteiger partial charge in [0.2, 0.25) is 5.91 Å². The van der Waals surface area contributed by atoms with Crippen LogP contribution in [0.4, 0.5) is 13.2 Å². The second kappa shape index (κ2) is 6.45. The highest BCUT2D eigenvalue weighted by Gasteiger charge is 2.42. The molecule has 1 aromatic rings. The van der Waals surface area contributed by atoms with Crippen LogP contribution in [0.5, 0.6) is 0 Å². The molecular formula is C17H20F3NO3. The molecule has 1 N–H and O–H groups in total. The zero-order valence-corrected chi connectivity index (χ0v) is 13.6. The molecular weight excluding hydrogens is 323 g/mol. The summed E-state index contributed by atoms with van der Waals surface area (Å²) >= 11 is 0. The van der Waals surface area contributed by atoms with Gasteiger partial charge in [0.25, 0.3) is 0 Å². The fourth-order valence-corrected chi connectivity index (χ4v) is 2.95. The fraction of sp³-hybridized carbons (Fsp3) is 0.529. The summed E-state index contributed by atoms with van der Waals surface area (Å²) in [6.45, 7) is 3.74. The molecule has 24 heavy (non-hydrogen) atoms. The van der Waals surface area contributed by atoms with Gasteiger partial charge in [-0.2, -0.15) is 13.2 Å². The molecule has 0 saturated carbocycles. The number of aliphatic carboxylic acids is 1. The Kier molecular flexibility index (Phi) is 4.92. The van der Waals surface area contributed by atoms with Crippen LogP contribution >= 0.6 is 0 Å². The molecule has 1 amide bonds. The Bertz CT molecular complexity index is 644. The lowest BCUT2D eigenvalue weighted by Crippen LogP contribution is -2.37. The second-order valence-corrected chi connectivity index (χ2v) is 6.68. The molecule has 1 fully saturated rings. The second-order valence-electron chi connectivity index (χ2n) is 6.68. The molecule has 2 rings (SSSR count). The van der Waals surface area contributed by atoms with Crippen LogP contribution < -0.4 is 0 Å². The molecule has 0 aromatic heterocycles. The third kappa shape index (κ3) is 3.88. The number of carbonyl (C=O) groups excluding carboxylic acids is 1. The normalized spacial score (nSPS) is 22.5. The maximum atomic E-state index is 12.7. The van der Waals surface area contributed by atoms with Crippen molar-refractivity contribution in [3.8, 4) is 0 Å². The van der Waals surface area contributed by atoms with Gasteiger partial charge in [0, 0.05) is 19.0 Å². The van der Waals surface area contributed by atoms with Crippen molar-refractivity contribution in [2.75, 3.05) is 13.1 Å². The molecule has 1 saturated heterocycles. The van der Waals surface area contributed by atoms with E-state index in [1.807, 2.05) is 0 Å². The van der Waals surface area contributed by atoms with E-state index in [0.717, 1.165) is 12.1 Å². The lowest BCUT2D eigenvalue weighted by molar-refractivity contribution is -0.147. The number of amides is 1. The van der Waals surface area contributed by atoms with E-state index in [4.69, 9.17) is 0 Å². The molecule has 132 valence electrons. The smallest absolute Gasteiger partial charge is 0.416 e. The highest BCUT2D eigenvalue weighted by molar-refractivity contribution is 5.82. The third-order valence-corrected chi connectivity index (χ3v) is 4.52. The molecule has 1 heterocycles. The minimum atomic E-state index is -4.42. The van der Waals surface area contributed by atoms with E-state index in [0.29, 0.717) is 18.5 Å². The maximum Gasteiger partial charge on any atom is 0.416 e.